The molecule has 106 valence electrons. The molecule has 0 aliphatic heterocycles. The van der Waals surface area contributed by atoms with Crippen molar-refractivity contribution < 1.29 is 13.2 Å². The van der Waals surface area contributed by atoms with Gasteiger partial charge in [-0.1, -0.05) is 6.07 Å². The van der Waals surface area contributed by atoms with Crippen LogP contribution in [0.1, 0.15) is 22.7 Å². The molecule has 2 rings (SSSR count). The van der Waals surface area contributed by atoms with Crippen LogP contribution in [0.25, 0.3) is 0 Å². The highest BCUT2D eigenvalue weighted by Gasteiger charge is 2.19. The zero-order chi connectivity index (χ0) is 14.9. The fourth-order valence-corrected chi connectivity index (χ4v) is 2.34. The van der Waals surface area contributed by atoms with Crippen molar-refractivity contribution in [1.82, 2.24) is 5.32 Å². The van der Waals surface area contributed by atoms with Gasteiger partial charge in [0.2, 0.25) is 0 Å². The predicted octanol–water partition coefficient (Wildman–Crippen LogP) is 4.48. The van der Waals surface area contributed by atoms with Gasteiger partial charge in [0, 0.05) is 11.6 Å². The van der Waals surface area contributed by atoms with Crippen LogP contribution >= 0.6 is 15.9 Å². The molecule has 0 aromatic heterocycles. The molecular formula is C15H13BrF3N. The normalized spacial score (nSPS) is 12.5. The Morgan fingerprint density at radius 1 is 1.00 bits per heavy atom. The highest BCUT2D eigenvalue weighted by molar-refractivity contribution is 9.10. The lowest BCUT2D eigenvalue weighted by Gasteiger charge is -2.19. The molecule has 1 atom stereocenters. The van der Waals surface area contributed by atoms with Crippen LogP contribution in [0, 0.1) is 24.4 Å². The number of benzene rings is 2. The molecule has 1 unspecified atom stereocenters. The predicted molar refractivity (Wildman–Crippen MR) is 76.1 cm³/mol. The third-order valence-electron chi connectivity index (χ3n) is 3.15. The van der Waals surface area contributed by atoms with Gasteiger partial charge in [-0.2, -0.15) is 0 Å². The largest absolute Gasteiger partial charge is 0.309 e. The zero-order valence-electron chi connectivity index (χ0n) is 11.0. The third kappa shape index (κ3) is 2.88. The smallest absolute Gasteiger partial charge is 0.137 e. The minimum Gasteiger partial charge on any atom is -0.309 e. The van der Waals surface area contributed by atoms with Crippen molar-refractivity contribution in [2.45, 2.75) is 13.0 Å². The van der Waals surface area contributed by atoms with E-state index in [2.05, 4.69) is 21.2 Å². The van der Waals surface area contributed by atoms with E-state index in [4.69, 9.17) is 0 Å². The number of nitrogens with one attached hydrogen (secondary N) is 1. The molecule has 0 saturated carbocycles. The van der Waals surface area contributed by atoms with E-state index in [1.54, 1.807) is 26.1 Å². The van der Waals surface area contributed by atoms with Gasteiger partial charge < -0.3 is 5.32 Å². The Bertz CT molecular complexity index is 643. The molecule has 2 aromatic carbocycles. The Balaban J connectivity index is 2.52. The first-order chi connectivity index (χ1) is 9.43. The standard InChI is InChI=1S/C15H13BrF3N/c1-8-5-10(13(18)7-12(8)17)15(20-2)9-3-4-11(16)14(19)6-9/h3-7,15,20H,1-2H3. The van der Waals surface area contributed by atoms with E-state index >= 15 is 0 Å². The molecule has 0 aliphatic carbocycles. The summed E-state index contributed by atoms with van der Waals surface area (Å²) in [6.07, 6.45) is 0. The summed E-state index contributed by atoms with van der Waals surface area (Å²) in [5, 5.41) is 2.92. The molecule has 1 N–H and O–H groups in total. The fourth-order valence-electron chi connectivity index (χ4n) is 2.09. The summed E-state index contributed by atoms with van der Waals surface area (Å²) in [4.78, 5) is 0. The minimum absolute atomic E-state index is 0.285. The Labute approximate surface area is 123 Å². The second kappa shape index (κ2) is 5.97. The molecule has 0 radical (unpaired) electrons. The van der Waals surface area contributed by atoms with Crippen molar-refractivity contribution in [3.05, 3.63) is 68.9 Å². The molecular weight excluding hydrogens is 331 g/mol. The van der Waals surface area contributed by atoms with Gasteiger partial charge in [-0.25, -0.2) is 13.2 Å². The average molecular weight is 344 g/mol. The Hall–Kier alpha value is -1.33. The Kier molecular flexibility index (Phi) is 4.50. The number of hydrogen-bond donors (Lipinski definition) is 1. The molecule has 0 aliphatic rings. The molecule has 0 bridgehead atoms. The summed E-state index contributed by atoms with van der Waals surface area (Å²) < 4.78 is 41.2. The molecule has 0 spiro atoms. The molecule has 20 heavy (non-hydrogen) atoms. The molecule has 2 aromatic rings. The lowest BCUT2D eigenvalue weighted by Crippen LogP contribution is -2.19. The summed E-state index contributed by atoms with van der Waals surface area (Å²) in [5.41, 5.74) is 1.20. The van der Waals surface area contributed by atoms with Gasteiger partial charge in [-0.15, -0.1) is 0 Å². The number of halogens is 4. The lowest BCUT2D eigenvalue weighted by atomic mass is 9.96. The van der Waals surface area contributed by atoms with Crippen LogP contribution < -0.4 is 5.32 Å². The lowest BCUT2D eigenvalue weighted by molar-refractivity contribution is 0.545. The Morgan fingerprint density at radius 3 is 2.30 bits per heavy atom. The summed E-state index contributed by atoms with van der Waals surface area (Å²) in [7, 11) is 1.64. The third-order valence-corrected chi connectivity index (χ3v) is 3.80. The van der Waals surface area contributed by atoms with Gasteiger partial charge in [0.15, 0.2) is 0 Å². The number of aryl methyl sites for hydroxylation is 1. The van der Waals surface area contributed by atoms with Crippen LogP contribution in [-0.2, 0) is 0 Å². The summed E-state index contributed by atoms with van der Waals surface area (Å²) >= 11 is 3.07. The number of hydrogen-bond acceptors (Lipinski definition) is 1. The van der Waals surface area contributed by atoms with Crippen molar-refractivity contribution in [1.29, 1.82) is 0 Å². The fraction of sp³-hybridized carbons (Fsp3) is 0.200. The highest BCUT2D eigenvalue weighted by Crippen LogP contribution is 2.28. The Morgan fingerprint density at radius 2 is 1.70 bits per heavy atom. The van der Waals surface area contributed by atoms with Gasteiger partial charge in [0.25, 0.3) is 0 Å². The van der Waals surface area contributed by atoms with E-state index in [0.29, 0.717) is 15.6 Å². The first-order valence-corrected chi connectivity index (χ1v) is 6.81. The van der Waals surface area contributed by atoms with E-state index < -0.39 is 23.5 Å². The first kappa shape index (κ1) is 15.1. The quantitative estimate of drug-likeness (QED) is 0.866. The van der Waals surface area contributed by atoms with Crippen LogP contribution in [-0.4, -0.2) is 7.05 Å². The maximum Gasteiger partial charge on any atom is 0.137 e. The van der Waals surface area contributed by atoms with E-state index in [1.165, 1.54) is 12.1 Å². The van der Waals surface area contributed by atoms with Gasteiger partial charge in [-0.05, 0) is 59.2 Å². The maximum absolute atomic E-state index is 14.0. The van der Waals surface area contributed by atoms with Crippen LogP contribution in [0.4, 0.5) is 13.2 Å². The second-order valence-corrected chi connectivity index (χ2v) is 5.37. The van der Waals surface area contributed by atoms with Gasteiger partial charge in [-0.3, -0.25) is 0 Å². The van der Waals surface area contributed by atoms with Crippen LogP contribution in [0.5, 0.6) is 0 Å². The highest BCUT2D eigenvalue weighted by atomic mass is 79.9. The zero-order valence-corrected chi connectivity index (χ0v) is 12.6. The molecule has 0 amide bonds. The van der Waals surface area contributed by atoms with Crippen molar-refractivity contribution in [2.24, 2.45) is 0 Å². The van der Waals surface area contributed by atoms with Gasteiger partial charge in [0.05, 0.1) is 10.5 Å². The average Bonchev–Trinajstić information content (AvgIpc) is 2.40. The summed E-state index contributed by atoms with van der Waals surface area (Å²) in [6, 6.07) is 6.31. The molecule has 5 heteroatoms. The summed E-state index contributed by atoms with van der Waals surface area (Å²) in [6.45, 7) is 1.56. The van der Waals surface area contributed by atoms with E-state index in [0.717, 1.165) is 6.07 Å². The van der Waals surface area contributed by atoms with E-state index in [9.17, 15) is 13.2 Å². The van der Waals surface area contributed by atoms with Crippen molar-refractivity contribution in [2.75, 3.05) is 7.05 Å². The van der Waals surface area contributed by atoms with Gasteiger partial charge in [0.1, 0.15) is 17.5 Å². The maximum atomic E-state index is 14.0. The van der Waals surface area contributed by atoms with Gasteiger partial charge >= 0.3 is 0 Å². The molecule has 0 fully saturated rings. The van der Waals surface area contributed by atoms with E-state index in [-0.39, 0.29) is 5.56 Å². The summed E-state index contributed by atoms with van der Waals surface area (Å²) in [5.74, 6) is -1.68. The van der Waals surface area contributed by atoms with Crippen LogP contribution in [0.15, 0.2) is 34.8 Å². The topological polar surface area (TPSA) is 12.0 Å². The van der Waals surface area contributed by atoms with E-state index in [1.807, 2.05) is 0 Å². The SMILES string of the molecule is CNC(c1ccc(Br)c(F)c1)c1cc(C)c(F)cc1F. The molecule has 0 saturated heterocycles. The second-order valence-electron chi connectivity index (χ2n) is 4.52. The minimum atomic E-state index is -0.657. The monoisotopic (exact) mass is 343 g/mol. The number of rotatable bonds is 3. The molecule has 0 heterocycles. The van der Waals surface area contributed by atoms with Crippen molar-refractivity contribution in [3.8, 4) is 0 Å². The molecule has 1 nitrogen and oxygen atoms in total. The first-order valence-electron chi connectivity index (χ1n) is 6.01. The van der Waals surface area contributed by atoms with Crippen molar-refractivity contribution >= 4 is 15.9 Å². The van der Waals surface area contributed by atoms with Crippen molar-refractivity contribution in [3.63, 3.8) is 0 Å². The van der Waals surface area contributed by atoms with Crippen LogP contribution in [0.3, 0.4) is 0 Å². The van der Waals surface area contributed by atoms with Crippen LogP contribution in [0.2, 0.25) is 0 Å².